The van der Waals surface area contributed by atoms with Crippen LogP contribution in [0.25, 0.3) is 0 Å². The van der Waals surface area contributed by atoms with Crippen LogP contribution in [-0.4, -0.2) is 22.0 Å². The fourth-order valence-corrected chi connectivity index (χ4v) is 3.45. The maximum Gasteiger partial charge on any atom is 0.322 e. The fraction of sp³-hybridized carbons (Fsp3) is 0.190. The van der Waals surface area contributed by atoms with Gasteiger partial charge in [-0.15, -0.1) is 0 Å². The molecule has 1 atom stereocenters. The van der Waals surface area contributed by atoms with Gasteiger partial charge in [0.15, 0.2) is 0 Å². The van der Waals surface area contributed by atoms with Gasteiger partial charge in [-0.3, -0.25) is 0 Å². The van der Waals surface area contributed by atoms with Gasteiger partial charge in [0.2, 0.25) is 0 Å². The lowest BCUT2D eigenvalue weighted by Crippen LogP contribution is -2.44. The average Bonchev–Trinajstić information content (AvgIpc) is 3.12. The van der Waals surface area contributed by atoms with Gasteiger partial charge < -0.3 is 14.8 Å². The summed E-state index contributed by atoms with van der Waals surface area (Å²) in [6, 6.07) is 17.9. The van der Waals surface area contributed by atoms with E-state index in [1.807, 2.05) is 49.5 Å². The number of aromatic nitrogens is 1. The molecule has 1 N–H and O–H groups in total. The molecule has 0 aliphatic carbocycles. The third-order valence-corrected chi connectivity index (χ3v) is 4.81. The molecule has 2 amide bonds. The predicted molar refractivity (Wildman–Crippen MR) is 99.6 cm³/mol. The second-order valence-electron chi connectivity index (χ2n) is 6.54. The largest absolute Gasteiger partial charge is 0.348 e. The monoisotopic (exact) mass is 349 g/mol. The Labute approximate surface area is 151 Å². The first-order valence-electron chi connectivity index (χ1n) is 8.67. The van der Waals surface area contributed by atoms with Crippen LogP contribution >= 0.6 is 0 Å². The lowest BCUT2D eigenvalue weighted by atomic mass is 9.99. The molecule has 1 aromatic heterocycles. The minimum absolute atomic E-state index is 0.195. The molecule has 26 heavy (non-hydrogen) atoms. The van der Waals surface area contributed by atoms with Crippen LogP contribution < -0.4 is 5.32 Å². The molecule has 4 rings (SSSR count). The molecule has 0 saturated carbocycles. The van der Waals surface area contributed by atoms with Crippen molar-refractivity contribution in [1.29, 1.82) is 0 Å². The number of rotatable bonds is 2. The Balaban J connectivity index is 1.68. The third-order valence-electron chi connectivity index (χ3n) is 4.81. The van der Waals surface area contributed by atoms with E-state index in [1.54, 1.807) is 23.1 Å². The Morgan fingerprint density at radius 2 is 1.81 bits per heavy atom. The lowest BCUT2D eigenvalue weighted by molar-refractivity contribution is 0.181. The number of hydrogen-bond donors (Lipinski definition) is 1. The highest BCUT2D eigenvalue weighted by molar-refractivity contribution is 5.90. The number of para-hydroxylation sites is 1. The summed E-state index contributed by atoms with van der Waals surface area (Å²) in [6.07, 6.45) is 2.03. The number of carbonyl (C=O) groups excluding carboxylic acids is 1. The molecule has 0 radical (unpaired) electrons. The molecule has 2 heterocycles. The van der Waals surface area contributed by atoms with Gasteiger partial charge in [0.1, 0.15) is 5.82 Å². The summed E-state index contributed by atoms with van der Waals surface area (Å²) in [4.78, 5) is 14.7. The normalized spacial score (nSPS) is 16.2. The second-order valence-corrected chi connectivity index (χ2v) is 6.54. The van der Waals surface area contributed by atoms with Gasteiger partial charge in [0.05, 0.1) is 11.7 Å². The number of fused-ring (bicyclic) bond motifs is 1. The van der Waals surface area contributed by atoms with E-state index in [1.165, 1.54) is 11.6 Å². The van der Waals surface area contributed by atoms with Crippen LogP contribution in [0, 0.1) is 12.7 Å². The minimum Gasteiger partial charge on any atom is -0.348 e. The standard InChI is InChI=1S/C21H20FN3O/c1-15-8-10-16(11-9-15)20-19-7-4-12-24(19)13-14-25(20)21(26)23-18-6-3-2-5-17(18)22/h2-12,20H,13-14H2,1H3,(H,23,26)/t20-/m0/s1. The van der Waals surface area contributed by atoms with E-state index in [-0.39, 0.29) is 17.8 Å². The Kier molecular flexibility index (Phi) is 4.21. The van der Waals surface area contributed by atoms with Crippen molar-refractivity contribution in [3.05, 3.63) is 89.5 Å². The Morgan fingerprint density at radius 3 is 2.58 bits per heavy atom. The highest BCUT2D eigenvalue weighted by atomic mass is 19.1. The minimum atomic E-state index is -0.437. The van der Waals surface area contributed by atoms with Crippen molar-refractivity contribution in [2.45, 2.75) is 19.5 Å². The van der Waals surface area contributed by atoms with Crippen molar-refractivity contribution < 1.29 is 9.18 Å². The van der Waals surface area contributed by atoms with E-state index in [2.05, 4.69) is 9.88 Å². The summed E-state index contributed by atoms with van der Waals surface area (Å²) >= 11 is 0. The summed E-state index contributed by atoms with van der Waals surface area (Å²) in [5, 5.41) is 2.72. The molecule has 2 aromatic carbocycles. The van der Waals surface area contributed by atoms with Crippen LogP contribution in [0.2, 0.25) is 0 Å². The van der Waals surface area contributed by atoms with E-state index in [9.17, 15) is 9.18 Å². The summed E-state index contributed by atoms with van der Waals surface area (Å²) in [5.74, 6) is -0.437. The van der Waals surface area contributed by atoms with Crippen LogP contribution in [0.3, 0.4) is 0 Å². The number of nitrogens with zero attached hydrogens (tertiary/aromatic N) is 2. The maximum absolute atomic E-state index is 13.9. The first-order valence-corrected chi connectivity index (χ1v) is 8.67. The van der Waals surface area contributed by atoms with Gasteiger partial charge in [-0.1, -0.05) is 42.0 Å². The van der Waals surface area contributed by atoms with Gasteiger partial charge in [-0.2, -0.15) is 0 Å². The van der Waals surface area contributed by atoms with Crippen LogP contribution in [0.5, 0.6) is 0 Å². The number of hydrogen-bond acceptors (Lipinski definition) is 1. The number of carbonyl (C=O) groups is 1. The van der Waals surface area contributed by atoms with Gasteiger partial charge in [0, 0.05) is 25.0 Å². The van der Waals surface area contributed by atoms with E-state index in [4.69, 9.17) is 0 Å². The Hall–Kier alpha value is -3.08. The zero-order valence-electron chi connectivity index (χ0n) is 14.5. The number of aryl methyl sites for hydroxylation is 1. The van der Waals surface area contributed by atoms with Crippen molar-refractivity contribution in [2.75, 3.05) is 11.9 Å². The number of nitrogens with one attached hydrogen (secondary N) is 1. The smallest absolute Gasteiger partial charge is 0.322 e. The highest BCUT2D eigenvalue weighted by Gasteiger charge is 2.32. The summed E-state index contributed by atoms with van der Waals surface area (Å²) in [6.45, 7) is 3.31. The zero-order valence-corrected chi connectivity index (χ0v) is 14.5. The lowest BCUT2D eigenvalue weighted by Gasteiger charge is -2.37. The van der Waals surface area contributed by atoms with Crippen molar-refractivity contribution >= 4 is 11.7 Å². The molecule has 3 aromatic rings. The first-order chi connectivity index (χ1) is 12.6. The zero-order chi connectivity index (χ0) is 18.1. The second kappa shape index (κ2) is 6.67. The molecule has 132 valence electrons. The molecule has 0 fully saturated rings. The van der Waals surface area contributed by atoms with Crippen LogP contribution in [0.4, 0.5) is 14.9 Å². The van der Waals surface area contributed by atoms with Gasteiger partial charge in [0.25, 0.3) is 0 Å². The molecule has 0 unspecified atom stereocenters. The van der Waals surface area contributed by atoms with Crippen molar-refractivity contribution in [1.82, 2.24) is 9.47 Å². The van der Waals surface area contributed by atoms with Crippen molar-refractivity contribution in [3.8, 4) is 0 Å². The first kappa shape index (κ1) is 16.4. The van der Waals surface area contributed by atoms with Gasteiger partial charge >= 0.3 is 6.03 Å². The predicted octanol–water partition coefficient (Wildman–Crippen LogP) is 4.57. The third kappa shape index (κ3) is 2.96. The number of amides is 2. The topological polar surface area (TPSA) is 37.3 Å². The number of anilines is 1. The molecule has 0 spiro atoms. The van der Waals surface area contributed by atoms with Gasteiger partial charge in [-0.05, 0) is 36.8 Å². The summed E-state index contributed by atoms with van der Waals surface area (Å²) < 4.78 is 16.1. The van der Waals surface area contributed by atoms with E-state index in [0.717, 1.165) is 17.8 Å². The van der Waals surface area contributed by atoms with Crippen molar-refractivity contribution in [2.24, 2.45) is 0 Å². The molecular weight excluding hydrogens is 329 g/mol. The Bertz CT molecular complexity index is 932. The number of urea groups is 1. The van der Waals surface area contributed by atoms with E-state index in [0.29, 0.717) is 6.54 Å². The van der Waals surface area contributed by atoms with E-state index >= 15 is 0 Å². The summed E-state index contributed by atoms with van der Waals surface area (Å²) in [5.41, 5.74) is 3.46. The number of halogens is 1. The molecule has 1 aliphatic rings. The average molecular weight is 349 g/mol. The molecule has 0 bridgehead atoms. The summed E-state index contributed by atoms with van der Waals surface area (Å²) in [7, 11) is 0. The molecule has 4 nitrogen and oxygen atoms in total. The fourth-order valence-electron chi connectivity index (χ4n) is 3.45. The van der Waals surface area contributed by atoms with Crippen molar-refractivity contribution in [3.63, 3.8) is 0 Å². The highest BCUT2D eigenvalue weighted by Crippen LogP contribution is 2.33. The molecular formula is C21H20FN3O. The molecule has 5 heteroatoms. The van der Waals surface area contributed by atoms with Crippen LogP contribution in [0.15, 0.2) is 66.9 Å². The van der Waals surface area contributed by atoms with Crippen LogP contribution in [-0.2, 0) is 6.54 Å². The number of benzene rings is 2. The Morgan fingerprint density at radius 1 is 1.04 bits per heavy atom. The quantitative estimate of drug-likeness (QED) is 0.723. The maximum atomic E-state index is 13.9. The SMILES string of the molecule is Cc1ccc([C@H]2c3cccn3CCN2C(=O)Nc2ccccc2F)cc1. The van der Waals surface area contributed by atoms with E-state index < -0.39 is 5.82 Å². The van der Waals surface area contributed by atoms with Crippen LogP contribution in [0.1, 0.15) is 22.9 Å². The molecule has 1 aliphatic heterocycles. The van der Waals surface area contributed by atoms with Gasteiger partial charge in [-0.25, -0.2) is 9.18 Å². The molecule has 0 saturated heterocycles.